The first-order valence-electron chi connectivity index (χ1n) is 6.88. The Balaban J connectivity index is 2.27. The molecule has 3 rings (SSSR count). The van der Waals surface area contributed by atoms with Gasteiger partial charge in [-0.3, -0.25) is 4.79 Å². The first-order valence-corrected chi connectivity index (χ1v) is 8.01. The molecule has 0 amide bonds. The highest BCUT2D eigenvalue weighted by molar-refractivity contribution is 7.32. The van der Waals surface area contributed by atoms with Crippen LogP contribution in [0.25, 0.3) is 22.3 Å². The number of pyridine rings is 1. The number of hydrogen-bond donors (Lipinski definition) is 1. The lowest BCUT2D eigenvalue weighted by atomic mass is 9.96. The van der Waals surface area contributed by atoms with E-state index in [1.165, 1.54) is 6.20 Å². The lowest BCUT2D eigenvalue weighted by Gasteiger charge is -2.10. The fraction of sp³-hybridized carbons (Fsp3) is 0. The van der Waals surface area contributed by atoms with E-state index in [2.05, 4.69) is 4.62 Å². The largest absolute Gasteiger partial charge is 0.768 e. The maximum Gasteiger partial charge on any atom is 0.768 e. The van der Waals surface area contributed by atoms with Gasteiger partial charge in [-0.25, -0.2) is 0 Å². The zero-order valence-electron chi connectivity index (χ0n) is 12.0. The molecule has 0 spiro atoms. The van der Waals surface area contributed by atoms with Crippen LogP contribution in [0, 0.1) is 0 Å². The highest BCUT2D eigenvalue weighted by Crippen LogP contribution is 2.29. The van der Waals surface area contributed by atoms with E-state index < -0.39 is 13.8 Å². The van der Waals surface area contributed by atoms with E-state index in [1.807, 2.05) is 60.7 Å². The summed E-state index contributed by atoms with van der Waals surface area (Å²) < 4.78 is 16.3. The molecule has 114 valence electrons. The highest BCUT2D eigenvalue weighted by atomic mass is 31.1. The summed E-state index contributed by atoms with van der Waals surface area (Å²) in [6.07, 6.45) is 1.35. The quantitative estimate of drug-likeness (QED) is 0.747. The second-order valence-electron chi connectivity index (χ2n) is 4.79. The van der Waals surface area contributed by atoms with Gasteiger partial charge in [-0.2, -0.15) is 0 Å². The molecule has 0 saturated heterocycles. The van der Waals surface area contributed by atoms with Gasteiger partial charge in [-0.05, 0) is 22.8 Å². The smallest absolute Gasteiger partial charge is 0.265 e. The second kappa shape index (κ2) is 6.57. The van der Waals surface area contributed by atoms with Gasteiger partial charge in [0.2, 0.25) is 0 Å². The summed E-state index contributed by atoms with van der Waals surface area (Å²) >= 11 is 0. The minimum absolute atomic E-state index is 0.413. The second-order valence-corrected chi connectivity index (χ2v) is 5.43. The molecule has 0 radical (unpaired) electrons. The SMILES string of the molecule is O=c1c(-c2ccccc2)c(-c2ccccc2)ccn1O[P+](=O)O. The maximum atomic E-state index is 12.7. The Bertz CT molecular complexity index is 891. The summed E-state index contributed by atoms with van der Waals surface area (Å²) in [7, 11) is -2.93. The van der Waals surface area contributed by atoms with E-state index in [9.17, 15) is 9.36 Å². The van der Waals surface area contributed by atoms with E-state index in [0.717, 1.165) is 15.9 Å². The summed E-state index contributed by atoms with van der Waals surface area (Å²) in [4.78, 5) is 21.6. The van der Waals surface area contributed by atoms with Crippen LogP contribution in [-0.2, 0) is 4.57 Å². The van der Waals surface area contributed by atoms with Crippen LogP contribution in [-0.4, -0.2) is 9.62 Å². The topological polar surface area (TPSA) is 68.5 Å². The summed E-state index contributed by atoms with van der Waals surface area (Å²) in [5.41, 5.74) is 2.24. The summed E-state index contributed by atoms with van der Waals surface area (Å²) in [5, 5.41) is 0. The van der Waals surface area contributed by atoms with E-state index in [-0.39, 0.29) is 0 Å². The Hall–Kier alpha value is -2.75. The van der Waals surface area contributed by atoms with Gasteiger partial charge in [0.05, 0.1) is 11.8 Å². The first kappa shape index (κ1) is 15.2. The summed E-state index contributed by atoms with van der Waals surface area (Å²) in [5.74, 6) is 0. The molecule has 3 aromatic rings. The molecular weight excluding hydrogens is 313 g/mol. The molecule has 1 atom stereocenters. The Morgan fingerprint density at radius 2 is 1.43 bits per heavy atom. The van der Waals surface area contributed by atoms with Crippen molar-refractivity contribution in [2.75, 3.05) is 0 Å². The van der Waals surface area contributed by atoms with Crippen molar-refractivity contribution in [1.82, 2.24) is 4.73 Å². The minimum atomic E-state index is -2.93. The van der Waals surface area contributed by atoms with Crippen LogP contribution in [0.5, 0.6) is 0 Å². The van der Waals surface area contributed by atoms with Gasteiger partial charge in [0.25, 0.3) is 5.56 Å². The Kier molecular flexibility index (Phi) is 4.33. The van der Waals surface area contributed by atoms with Crippen molar-refractivity contribution in [3.63, 3.8) is 0 Å². The van der Waals surface area contributed by atoms with Crippen molar-refractivity contribution in [3.05, 3.63) is 83.3 Å². The third kappa shape index (κ3) is 3.21. The van der Waals surface area contributed by atoms with Gasteiger partial charge in [0.1, 0.15) is 0 Å². The third-order valence-electron chi connectivity index (χ3n) is 3.37. The van der Waals surface area contributed by atoms with E-state index >= 15 is 0 Å². The zero-order valence-corrected chi connectivity index (χ0v) is 12.9. The molecule has 1 N–H and O–H groups in total. The van der Waals surface area contributed by atoms with Crippen molar-refractivity contribution in [2.24, 2.45) is 0 Å². The highest BCUT2D eigenvalue weighted by Gasteiger charge is 2.20. The molecule has 6 heteroatoms. The standard InChI is InChI=1S/C17H12NO4P/c19-17-16(14-9-5-2-6-10-14)15(13-7-3-1-4-8-13)11-12-18(17)22-23(20)21/h1-12H/p+1. The van der Waals surface area contributed by atoms with Crippen LogP contribution in [0.2, 0.25) is 0 Å². The molecule has 0 bridgehead atoms. The monoisotopic (exact) mass is 326 g/mol. The molecule has 0 aliphatic rings. The summed E-state index contributed by atoms with van der Waals surface area (Å²) in [6.45, 7) is 0. The number of rotatable bonds is 4. The van der Waals surface area contributed by atoms with Crippen LogP contribution >= 0.6 is 8.25 Å². The Morgan fingerprint density at radius 1 is 0.870 bits per heavy atom. The van der Waals surface area contributed by atoms with Crippen LogP contribution in [0.4, 0.5) is 0 Å². The van der Waals surface area contributed by atoms with E-state index in [1.54, 1.807) is 6.07 Å². The fourth-order valence-electron chi connectivity index (χ4n) is 2.40. The fourth-order valence-corrected chi connectivity index (χ4v) is 2.68. The zero-order chi connectivity index (χ0) is 16.2. The molecule has 0 saturated carbocycles. The van der Waals surface area contributed by atoms with Crippen LogP contribution in [0.3, 0.4) is 0 Å². The molecule has 1 aromatic heterocycles. The van der Waals surface area contributed by atoms with Crippen molar-refractivity contribution in [3.8, 4) is 22.3 Å². The Labute approximate surface area is 133 Å². The third-order valence-corrected chi connectivity index (χ3v) is 3.68. The van der Waals surface area contributed by atoms with Crippen molar-refractivity contribution in [1.29, 1.82) is 0 Å². The molecular formula is C17H13NO4P+. The Morgan fingerprint density at radius 3 is 2.00 bits per heavy atom. The van der Waals surface area contributed by atoms with Gasteiger partial charge in [0.15, 0.2) is 0 Å². The van der Waals surface area contributed by atoms with E-state index in [4.69, 9.17) is 4.89 Å². The van der Waals surface area contributed by atoms with E-state index in [0.29, 0.717) is 11.1 Å². The minimum Gasteiger partial charge on any atom is -0.265 e. The molecule has 23 heavy (non-hydrogen) atoms. The predicted molar refractivity (Wildman–Crippen MR) is 88.0 cm³/mol. The number of aromatic nitrogens is 1. The average Bonchev–Trinajstić information content (AvgIpc) is 2.58. The molecule has 5 nitrogen and oxygen atoms in total. The van der Waals surface area contributed by atoms with Gasteiger partial charge < -0.3 is 0 Å². The molecule has 0 aliphatic heterocycles. The van der Waals surface area contributed by atoms with Gasteiger partial charge >= 0.3 is 8.25 Å². The molecule has 2 aromatic carbocycles. The predicted octanol–water partition coefficient (Wildman–Crippen LogP) is 3.26. The summed E-state index contributed by atoms with van der Waals surface area (Å²) in [6, 6.07) is 20.3. The van der Waals surface area contributed by atoms with Crippen molar-refractivity contribution in [2.45, 2.75) is 0 Å². The average molecular weight is 326 g/mol. The first-order chi connectivity index (χ1) is 11.2. The van der Waals surface area contributed by atoms with Gasteiger partial charge in [0, 0.05) is 4.57 Å². The number of nitrogens with zero attached hydrogens (tertiary/aromatic N) is 1. The molecule has 1 heterocycles. The number of benzene rings is 2. The van der Waals surface area contributed by atoms with Gasteiger partial charge in [-0.1, -0.05) is 65.4 Å². The number of hydrogen-bond acceptors (Lipinski definition) is 3. The molecule has 1 unspecified atom stereocenters. The van der Waals surface area contributed by atoms with Crippen LogP contribution in [0.1, 0.15) is 0 Å². The van der Waals surface area contributed by atoms with Crippen LogP contribution in [0.15, 0.2) is 77.7 Å². The lowest BCUT2D eigenvalue weighted by molar-refractivity contribution is 0.240. The van der Waals surface area contributed by atoms with Crippen LogP contribution < -0.4 is 10.2 Å². The maximum absolute atomic E-state index is 12.7. The normalized spacial score (nSPS) is 11.1. The molecule has 0 fully saturated rings. The lowest BCUT2D eigenvalue weighted by Crippen LogP contribution is -2.25. The van der Waals surface area contributed by atoms with Gasteiger partial charge in [-0.15, -0.1) is 9.52 Å². The van der Waals surface area contributed by atoms with Crippen molar-refractivity contribution < 1.29 is 14.1 Å². The van der Waals surface area contributed by atoms with Crippen molar-refractivity contribution >= 4 is 8.25 Å². The molecule has 0 aliphatic carbocycles.